The number of carbonyl (C=O) groups is 1. The summed E-state index contributed by atoms with van der Waals surface area (Å²) in [5.74, 6) is 1.16. The molecule has 0 bridgehead atoms. The molecule has 1 fully saturated rings. The molecule has 0 aromatic heterocycles. The zero-order valence-corrected chi connectivity index (χ0v) is 11.2. The van der Waals surface area contributed by atoms with E-state index in [-0.39, 0.29) is 11.8 Å². The lowest BCUT2D eigenvalue weighted by Gasteiger charge is -2.15. The number of aryl methyl sites for hydroxylation is 1. The summed E-state index contributed by atoms with van der Waals surface area (Å²) in [5.41, 5.74) is 2.35. The van der Waals surface area contributed by atoms with Crippen LogP contribution in [0.25, 0.3) is 0 Å². The number of carbonyl (C=O) groups excluding carboxylic acids is 1. The highest BCUT2D eigenvalue weighted by atomic mass is 16.5. The molecule has 3 nitrogen and oxygen atoms in total. The minimum Gasteiger partial charge on any atom is -0.496 e. The third-order valence-corrected chi connectivity index (χ3v) is 3.55. The molecular formula is C15H21NO2. The molecule has 1 atom stereocenters. The predicted octanol–water partition coefficient (Wildman–Crippen LogP) is 2.46. The van der Waals surface area contributed by atoms with Gasteiger partial charge in [0.1, 0.15) is 5.75 Å². The van der Waals surface area contributed by atoms with Gasteiger partial charge in [-0.15, -0.1) is 0 Å². The van der Waals surface area contributed by atoms with Crippen LogP contribution in [0.4, 0.5) is 0 Å². The van der Waals surface area contributed by atoms with Crippen LogP contribution in [0.1, 0.15) is 30.4 Å². The minimum absolute atomic E-state index is 0.0863. The fourth-order valence-corrected chi connectivity index (χ4v) is 2.53. The van der Waals surface area contributed by atoms with E-state index >= 15 is 0 Å². The number of nitrogens with one attached hydrogen (secondary N) is 1. The predicted molar refractivity (Wildman–Crippen MR) is 71.8 cm³/mol. The average molecular weight is 247 g/mol. The third-order valence-electron chi connectivity index (χ3n) is 3.55. The van der Waals surface area contributed by atoms with Gasteiger partial charge in [0, 0.05) is 12.5 Å². The van der Waals surface area contributed by atoms with Crippen molar-refractivity contribution in [3.8, 4) is 5.75 Å². The van der Waals surface area contributed by atoms with Crippen LogP contribution in [-0.2, 0) is 11.2 Å². The van der Waals surface area contributed by atoms with Crippen molar-refractivity contribution in [3.05, 3.63) is 29.3 Å². The second kappa shape index (κ2) is 5.89. The number of hydrogen-bond acceptors (Lipinski definition) is 2. The van der Waals surface area contributed by atoms with E-state index in [1.54, 1.807) is 7.11 Å². The van der Waals surface area contributed by atoms with Gasteiger partial charge in [-0.1, -0.05) is 24.1 Å². The Bertz CT molecular complexity index is 429. The number of ether oxygens (including phenoxy) is 1. The van der Waals surface area contributed by atoms with E-state index in [0.29, 0.717) is 0 Å². The van der Waals surface area contributed by atoms with Gasteiger partial charge in [-0.3, -0.25) is 4.79 Å². The van der Waals surface area contributed by atoms with Crippen LogP contribution in [0, 0.1) is 12.8 Å². The highest BCUT2D eigenvalue weighted by Gasteiger charge is 2.22. The largest absolute Gasteiger partial charge is 0.496 e. The standard InChI is InChI=1S/C15H21NO2/c1-11-6-7-14(18-2)13(9-11)10-12-5-3-4-8-16-15(12)17/h6-7,9,12H,3-5,8,10H2,1-2H3,(H,16,17). The van der Waals surface area contributed by atoms with Crippen molar-refractivity contribution >= 4 is 5.91 Å². The second-order valence-electron chi connectivity index (χ2n) is 5.00. The van der Waals surface area contributed by atoms with Gasteiger partial charge in [-0.05, 0) is 37.8 Å². The van der Waals surface area contributed by atoms with Gasteiger partial charge in [-0.2, -0.15) is 0 Å². The summed E-state index contributed by atoms with van der Waals surface area (Å²) in [4.78, 5) is 12.0. The molecule has 1 aromatic carbocycles. The topological polar surface area (TPSA) is 38.3 Å². The second-order valence-corrected chi connectivity index (χ2v) is 5.00. The van der Waals surface area contributed by atoms with Gasteiger partial charge in [-0.25, -0.2) is 0 Å². The van der Waals surface area contributed by atoms with Crippen LogP contribution in [0.5, 0.6) is 5.75 Å². The molecule has 0 radical (unpaired) electrons. The van der Waals surface area contributed by atoms with Crippen molar-refractivity contribution in [3.63, 3.8) is 0 Å². The van der Waals surface area contributed by atoms with Crippen molar-refractivity contribution in [2.24, 2.45) is 5.92 Å². The van der Waals surface area contributed by atoms with E-state index in [2.05, 4.69) is 18.3 Å². The molecule has 3 heteroatoms. The maximum absolute atomic E-state index is 12.0. The zero-order valence-electron chi connectivity index (χ0n) is 11.2. The van der Waals surface area contributed by atoms with Crippen molar-refractivity contribution < 1.29 is 9.53 Å². The van der Waals surface area contributed by atoms with Gasteiger partial charge in [0.15, 0.2) is 0 Å². The maximum atomic E-state index is 12.0. The molecule has 1 aromatic rings. The van der Waals surface area contributed by atoms with Crippen LogP contribution < -0.4 is 10.1 Å². The van der Waals surface area contributed by atoms with Crippen LogP contribution in [-0.4, -0.2) is 19.6 Å². The fourth-order valence-electron chi connectivity index (χ4n) is 2.53. The molecule has 1 aliphatic rings. The van der Waals surface area contributed by atoms with Crippen LogP contribution in [0.2, 0.25) is 0 Å². The van der Waals surface area contributed by atoms with Crippen molar-refractivity contribution in [2.45, 2.75) is 32.6 Å². The van der Waals surface area contributed by atoms with Gasteiger partial charge >= 0.3 is 0 Å². The lowest BCUT2D eigenvalue weighted by molar-refractivity contribution is -0.124. The molecule has 1 heterocycles. The van der Waals surface area contributed by atoms with E-state index in [0.717, 1.165) is 43.5 Å². The number of amides is 1. The lowest BCUT2D eigenvalue weighted by atomic mass is 9.93. The summed E-state index contributed by atoms with van der Waals surface area (Å²) < 4.78 is 5.38. The molecule has 1 unspecified atom stereocenters. The Hall–Kier alpha value is -1.51. The highest BCUT2D eigenvalue weighted by molar-refractivity contribution is 5.79. The third kappa shape index (κ3) is 3.03. The number of methoxy groups -OCH3 is 1. The van der Waals surface area contributed by atoms with Gasteiger partial charge in [0.25, 0.3) is 0 Å². The smallest absolute Gasteiger partial charge is 0.223 e. The van der Waals surface area contributed by atoms with E-state index in [9.17, 15) is 4.79 Å². The SMILES string of the molecule is COc1ccc(C)cc1CC1CCCCNC1=O. The summed E-state index contributed by atoms with van der Waals surface area (Å²) in [5, 5.41) is 2.99. The monoisotopic (exact) mass is 247 g/mol. The van der Waals surface area contributed by atoms with Crippen molar-refractivity contribution in [1.82, 2.24) is 5.32 Å². The average Bonchev–Trinajstić information content (AvgIpc) is 2.55. The highest BCUT2D eigenvalue weighted by Crippen LogP contribution is 2.25. The summed E-state index contributed by atoms with van der Waals surface area (Å²) >= 11 is 0. The minimum atomic E-state index is 0.0863. The first-order valence-corrected chi connectivity index (χ1v) is 6.62. The number of benzene rings is 1. The Labute approximate surface area is 109 Å². The summed E-state index contributed by atoms with van der Waals surface area (Å²) in [6.07, 6.45) is 3.96. The van der Waals surface area contributed by atoms with Gasteiger partial charge < -0.3 is 10.1 Å². The van der Waals surface area contributed by atoms with E-state index < -0.39 is 0 Å². The fraction of sp³-hybridized carbons (Fsp3) is 0.533. The molecule has 98 valence electrons. The Morgan fingerprint density at radius 2 is 2.22 bits per heavy atom. The molecule has 1 saturated heterocycles. The molecule has 1 amide bonds. The normalized spacial score (nSPS) is 20.1. The first-order valence-electron chi connectivity index (χ1n) is 6.62. The number of rotatable bonds is 3. The summed E-state index contributed by atoms with van der Waals surface area (Å²) in [6, 6.07) is 6.14. The molecular weight excluding hydrogens is 226 g/mol. The van der Waals surface area contributed by atoms with E-state index in [1.165, 1.54) is 5.56 Å². The van der Waals surface area contributed by atoms with Crippen LogP contribution in [0.3, 0.4) is 0 Å². The maximum Gasteiger partial charge on any atom is 0.223 e. The Kier molecular flexibility index (Phi) is 4.24. The molecule has 18 heavy (non-hydrogen) atoms. The molecule has 0 saturated carbocycles. The Morgan fingerprint density at radius 1 is 1.39 bits per heavy atom. The zero-order chi connectivity index (χ0) is 13.0. The lowest BCUT2D eigenvalue weighted by Crippen LogP contribution is -2.30. The van der Waals surface area contributed by atoms with E-state index in [4.69, 9.17) is 4.74 Å². The van der Waals surface area contributed by atoms with Crippen molar-refractivity contribution in [2.75, 3.05) is 13.7 Å². The Balaban J connectivity index is 2.16. The van der Waals surface area contributed by atoms with Gasteiger partial charge in [0.05, 0.1) is 7.11 Å². The van der Waals surface area contributed by atoms with Crippen LogP contribution in [0.15, 0.2) is 18.2 Å². The number of hydrogen-bond donors (Lipinski definition) is 1. The molecule has 2 rings (SSSR count). The van der Waals surface area contributed by atoms with Gasteiger partial charge in [0.2, 0.25) is 5.91 Å². The summed E-state index contributed by atoms with van der Waals surface area (Å²) in [6.45, 7) is 2.89. The molecule has 0 aliphatic carbocycles. The molecule has 1 N–H and O–H groups in total. The van der Waals surface area contributed by atoms with Crippen molar-refractivity contribution in [1.29, 1.82) is 0 Å². The van der Waals surface area contributed by atoms with E-state index in [1.807, 2.05) is 12.1 Å². The first-order chi connectivity index (χ1) is 8.70. The molecule has 0 spiro atoms. The summed E-state index contributed by atoms with van der Waals surface area (Å²) in [7, 11) is 1.68. The molecule has 1 aliphatic heterocycles. The first kappa shape index (κ1) is 12.9. The quantitative estimate of drug-likeness (QED) is 0.891. The Morgan fingerprint density at radius 3 is 3.00 bits per heavy atom. The van der Waals surface area contributed by atoms with Crippen LogP contribution >= 0.6 is 0 Å².